The summed E-state index contributed by atoms with van der Waals surface area (Å²) in [6, 6.07) is 9.69. The number of amides is 2. The fourth-order valence-electron chi connectivity index (χ4n) is 2.30. The van der Waals surface area contributed by atoms with Crippen molar-refractivity contribution in [3.8, 4) is 0 Å². The molecule has 5 heteroatoms. The summed E-state index contributed by atoms with van der Waals surface area (Å²) in [5, 5.41) is 2.69. The van der Waals surface area contributed by atoms with Crippen LogP contribution in [0, 0.1) is 0 Å². The fraction of sp³-hybridized carbons (Fsp3) is 0.467. The van der Waals surface area contributed by atoms with Gasteiger partial charge in [-0.2, -0.15) is 0 Å². The maximum Gasteiger partial charge on any atom is 0.241 e. The van der Waals surface area contributed by atoms with Crippen LogP contribution in [-0.4, -0.2) is 49.9 Å². The number of nitrogens with zero attached hydrogens (tertiary/aromatic N) is 2. The van der Waals surface area contributed by atoms with Crippen molar-refractivity contribution >= 4 is 17.5 Å². The molecular formula is C15H21N3O2. The van der Waals surface area contributed by atoms with Crippen molar-refractivity contribution in [3.63, 3.8) is 0 Å². The molecule has 0 atom stereocenters. The molecule has 2 amide bonds. The minimum atomic E-state index is -0.135. The van der Waals surface area contributed by atoms with Crippen LogP contribution in [0.4, 0.5) is 5.69 Å². The van der Waals surface area contributed by atoms with Crippen molar-refractivity contribution in [2.75, 3.05) is 38.1 Å². The van der Waals surface area contributed by atoms with Crippen LogP contribution in [0.15, 0.2) is 30.3 Å². The molecule has 0 spiro atoms. The lowest BCUT2D eigenvalue weighted by Gasteiger charge is -2.19. The molecule has 0 saturated carbocycles. The van der Waals surface area contributed by atoms with Crippen LogP contribution in [0.2, 0.25) is 0 Å². The van der Waals surface area contributed by atoms with Gasteiger partial charge in [0.25, 0.3) is 0 Å². The Morgan fingerprint density at radius 1 is 1.20 bits per heavy atom. The van der Waals surface area contributed by atoms with Crippen LogP contribution < -0.4 is 10.2 Å². The smallest absolute Gasteiger partial charge is 0.241 e. The van der Waals surface area contributed by atoms with E-state index in [0.29, 0.717) is 0 Å². The zero-order valence-corrected chi connectivity index (χ0v) is 11.8. The topological polar surface area (TPSA) is 52.7 Å². The summed E-state index contributed by atoms with van der Waals surface area (Å²) in [7, 11) is 1.86. The number of benzene rings is 1. The maximum atomic E-state index is 11.8. The molecule has 1 aliphatic heterocycles. The molecule has 5 nitrogen and oxygen atoms in total. The summed E-state index contributed by atoms with van der Waals surface area (Å²) in [4.78, 5) is 27.3. The molecule has 1 saturated heterocycles. The molecule has 1 heterocycles. The highest BCUT2D eigenvalue weighted by Gasteiger charge is 2.18. The highest BCUT2D eigenvalue weighted by Crippen LogP contribution is 2.10. The molecule has 0 unspecified atom stereocenters. The van der Waals surface area contributed by atoms with Crippen molar-refractivity contribution in [2.45, 2.75) is 12.8 Å². The summed E-state index contributed by atoms with van der Waals surface area (Å²) >= 11 is 0. The van der Waals surface area contributed by atoms with Gasteiger partial charge in [0.2, 0.25) is 11.8 Å². The first kappa shape index (κ1) is 14.4. The summed E-state index contributed by atoms with van der Waals surface area (Å²) in [5.74, 6) is -0.123. The van der Waals surface area contributed by atoms with Gasteiger partial charge in [-0.05, 0) is 25.0 Å². The van der Waals surface area contributed by atoms with E-state index >= 15 is 0 Å². The van der Waals surface area contributed by atoms with Gasteiger partial charge in [-0.15, -0.1) is 0 Å². The minimum absolute atomic E-state index is 0.0122. The molecule has 20 heavy (non-hydrogen) atoms. The van der Waals surface area contributed by atoms with E-state index in [0.717, 1.165) is 31.6 Å². The average molecular weight is 275 g/mol. The summed E-state index contributed by atoms with van der Waals surface area (Å²) in [5.41, 5.74) is 0.980. The lowest BCUT2D eigenvalue weighted by Crippen LogP contribution is -2.42. The van der Waals surface area contributed by atoms with Gasteiger partial charge in [-0.25, -0.2) is 0 Å². The number of rotatable bonds is 5. The van der Waals surface area contributed by atoms with E-state index in [4.69, 9.17) is 0 Å². The Labute approximate surface area is 119 Å². The fourth-order valence-corrected chi connectivity index (χ4v) is 2.30. The second-order valence-electron chi connectivity index (χ2n) is 5.06. The van der Waals surface area contributed by atoms with Gasteiger partial charge < -0.3 is 15.1 Å². The molecule has 2 rings (SSSR count). The van der Waals surface area contributed by atoms with Gasteiger partial charge in [0.15, 0.2) is 0 Å². The maximum absolute atomic E-state index is 11.8. The number of hydrogen-bond acceptors (Lipinski definition) is 3. The van der Waals surface area contributed by atoms with Crippen molar-refractivity contribution in [1.29, 1.82) is 0 Å². The van der Waals surface area contributed by atoms with Gasteiger partial charge in [0, 0.05) is 25.8 Å². The van der Waals surface area contributed by atoms with Gasteiger partial charge in [-0.3, -0.25) is 9.59 Å². The molecule has 1 aromatic rings. The third-order valence-electron chi connectivity index (χ3n) is 3.47. The van der Waals surface area contributed by atoms with Gasteiger partial charge in [0.1, 0.15) is 0 Å². The van der Waals surface area contributed by atoms with E-state index in [1.807, 2.05) is 42.3 Å². The van der Waals surface area contributed by atoms with E-state index in [1.54, 1.807) is 4.90 Å². The zero-order valence-electron chi connectivity index (χ0n) is 11.8. The van der Waals surface area contributed by atoms with Crippen LogP contribution in [0.5, 0.6) is 0 Å². The first-order chi connectivity index (χ1) is 9.66. The Kier molecular flexibility index (Phi) is 4.98. The number of likely N-dealkylation sites (tertiary alicyclic amines) is 1. The molecule has 0 radical (unpaired) electrons. The lowest BCUT2D eigenvalue weighted by atomic mass is 10.3. The van der Waals surface area contributed by atoms with E-state index in [1.165, 1.54) is 0 Å². The molecule has 0 aliphatic carbocycles. The number of likely N-dealkylation sites (N-methyl/N-ethyl adjacent to an activating group) is 1. The van der Waals surface area contributed by atoms with Crippen molar-refractivity contribution in [2.24, 2.45) is 0 Å². The van der Waals surface area contributed by atoms with Gasteiger partial charge in [0.05, 0.1) is 13.1 Å². The molecular weight excluding hydrogens is 254 g/mol. The quantitative estimate of drug-likeness (QED) is 0.867. The lowest BCUT2D eigenvalue weighted by molar-refractivity contribution is -0.131. The van der Waals surface area contributed by atoms with Crippen molar-refractivity contribution < 1.29 is 9.59 Å². The van der Waals surface area contributed by atoms with Crippen molar-refractivity contribution in [3.05, 3.63) is 30.3 Å². The Morgan fingerprint density at radius 3 is 2.50 bits per heavy atom. The number of hydrogen-bond donors (Lipinski definition) is 1. The Hall–Kier alpha value is -2.04. The number of anilines is 1. The third kappa shape index (κ3) is 3.98. The third-order valence-corrected chi connectivity index (χ3v) is 3.47. The van der Waals surface area contributed by atoms with Crippen LogP contribution in [-0.2, 0) is 9.59 Å². The van der Waals surface area contributed by atoms with Crippen LogP contribution in [0.25, 0.3) is 0 Å². The summed E-state index contributed by atoms with van der Waals surface area (Å²) < 4.78 is 0. The van der Waals surface area contributed by atoms with Crippen LogP contribution in [0.1, 0.15) is 12.8 Å². The highest BCUT2D eigenvalue weighted by atomic mass is 16.2. The second-order valence-corrected chi connectivity index (χ2v) is 5.06. The molecule has 1 fully saturated rings. The Balaban J connectivity index is 1.73. The Morgan fingerprint density at radius 2 is 1.85 bits per heavy atom. The minimum Gasteiger partial charge on any atom is -0.365 e. The average Bonchev–Trinajstić information content (AvgIpc) is 3.00. The molecule has 1 aromatic carbocycles. The standard InChI is InChI=1S/C15H21N3O2/c1-17(13-7-3-2-4-8-13)12-14(19)16-11-15(20)18-9-5-6-10-18/h2-4,7-8H,5-6,9-12H2,1H3,(H,16,19). The summed E-state index contributed by atoms with van der Waals surface area (Å²) in [6.07, 6.45) is 2.13. The molecule has 0 aromatic heterocycles. The van der Waals surface area contributed by atoms with Gasteiger partial charge in [-0.1, -0.05) is 18.2 Å². The zero-order chi connectivity index (χ0) is 14.4. The van der Waals surface area contributed by atoms with Crippen LogP contribution in [0.3, 0.4) is 0 Å². The van der Waals surface area contributed by atoms with E-state index in [-0.39, 0.29) is 24.9 Å². The molecule has 1 aliphatic rings. The normalized spacial score (nSPS) is 14.2. The largest absolute Gasteiger partial charge is 0.365 e. The molecule has 1 N–H and O–H groups in total. The predicted octanol–water partition coefficient (Wildman–Crippen LogP) is 0.861. The van der Waals surface area contributed by atoms with Gasteiger partial charge >= 0.3 is 0 Å². The first-order valence-electron chi connectivity index (χ1n) is 6.97. The van der Waals surface area contributed by atoms with Crippen LogP contribution >= 0.6 is 0 Å². The molecule has 0 bridgehead atoms. The van der Waals surface area contributed by atoms with E-state index < -0.39 is 0 Å². The first-order valence-corrected chi connectivity index (χ1v) is 6.97. The number of nitrogens with one attached hydrogen (secondary N) is 1. The monoisotopic (exact) mass is 275 g/mol. The molecule has 108 valence electrons. The SMILES string of the molecule is CN(CC(=O)NCC(=O)N1CCCC1)c1ccccc1. The number of carbonyl (C=O) groups excluding carboxylic acids is 2. The number of para-hydroxylation sites is 1. The summed E-state index contributed by atoms with van der Waals surface area (Å²) in [6.45, 7) is 1.98. The second kappa shape index (κ2) is 6.93. The predicted molar refractivity (Wildman–Crippen MR) is 78.5 cm³/mol. The highest BCUT2D eigenvalue weighted by molar-refractivity contribution is 5.87. The number of carbonyl (C=O) groups is 2. The van der Waals surface area contributed by atoms with E-state index in [2.05, 4.69) is 5.32 Å². The van der Waals surface area contributed by atoms with E-state index in [9.17, 15) is 9.59 Å². The Bertz CT molecular complexity index is 455. The van der Waals surface area contributed by atoms with Crippen molar-refractivity contribution in [1.82, 2.24) is 10.2 Å².